The quantitative estimate of drug-likeness (QED) is 0.163. The van der Waals surface area contributed by atoms with Gasteiger partial charge in [0, 0.05) is 16.7 Å². The van der Waals surface area contributed by atoms with Gasteiger partial charge in [-0.15, -0.1) is 0 Å². The molecule has 11 rings (SSSR count). The van der Waals surface area contributed by atoms with Crippen molar-refractivity contribution in [1.29, 1.82) is 0 Å². The molecule has 1 aliphatic rings. The van der Waals surface area contributed by atoms with Crippen molar-refractivity contribution in [2.24, 2.45) is 0 Å². The number of hydrogen-bond acceptors (Lipinski definition) is 3. The molecule has 9 aromatic carbocycles. The molecule has 59 heavy (non-hydrogen) atoms. The zero-order valence-corrected chi connectivity index (χ0v) is 32.2. The van der Waals surface area contributed by atoms with Gasteiger partial charge in [0.05, 0.1) is 5.41 Å². The monoisotopic (exact) mass is 751 g/mol. The van der Waals surface area contributed by atoms with Crippen molar-refractivity contribution < 1.29 is 0 Å². The number of aromatic nitrogens is 3. The Morgan fingerprint density at radius 3 is 1.44 bits per heavy atom. The van der Waals surface area contributed by atoms with Gasteiger partial charge in [0.15, 0.2) is 17.5 Å². The Balaban J connectivity index is 1.10. The predicted octanol–water partition coefficient (Wildman–Crippen LogP) is 13.7. The van der Waals surface area contributed by atoms with Crippen LogP contribution in [0.4, 0.5) is 0 Å². The van der Waals surface area contributed by atoms with E-state index in [9.17, 15) is 0 Å². The summed E-state index contributed by atoms with van der Waals surface area (Å²) in [7, 11) is 0. The van der Waals surface area contributed by atoms with Crippen LogP contribution in [-0.4, -0.2) is 15.0 Å². The minimum atomic E-state index is -0.517. The largest absolute Gasteiger partial charge is 0.208 e. The van der Waals surface area contributed by atoms with Gasteiger partial charge in [0.25, 0.3) is 0 Å². The highest BCUT2D eigenvalue weighted by Crippen LogP contribution is 2.60. The fourth-order valence-electron chi connectivity index (χ4n) is 9.17. The van der Waals surface area contributed by atoms with Crippen molar-refractivity contribution in [2.45, 2.75) is 5.41 Å². The summed E-state index contributed by atoms with van der Waals surface area (Å²) in [5, 5.41) is 2.47. The summed E-state index contributed by atoms with van der Waals surface area (Å²) in [6, 6.07) is 80.1. The van der Waals surface area contributed by atoms with Crippen LogP contribution in [0.15, 0.2) is 224 Å². The Bertz CT molecular complexity index is 3080. The van der Waals surface area contributed by atoms with Gasteiger partial charge in [-0.1, -0.05) is 212 Å². The van der Waals surface area contributed by atoms with Crippen LogP contribution in [0.3, 0.4) is 0 Å². The highest BCUT2D eigenvalue weighted by Gasteiger charge is 2.48. The fraction of sp³-hybridized carbons (Fsp3) is 0.0179. The van der Waals surface area contributed by atoms with Crippen LogP contribution in [0.1, 0.15) is 22.3 Å². The molecular formula is C56H37N3. The van der Waals surface area contributed by atoms with Crippen molar-refractivity contribution >= 4 is 10.8 Å². The first kappa shape index (κ1) is 34.5. The molecule has 0 fully saturated rings. The van der Waals surface area contributed by atoms with Gasteiger partial charge in [-0.25, -0.2) is 15.0 Å². The van der Waals surface area contributed by atoms with Crippen LogP contribution in [0.5, 0.6) is 0 Å². The molecule has 0 amide bonds. The van der Waals surface area contributed by atoms with Gasteiger partial charge in [-0.2, -0.15) is 0 Å². The lowest BCUT2D eigenvalue weighted by Gasteiger charge is -2.35. The summed E-state index contributed by atoms with van der Waals surface area (Å²) in [5.74, 6) is 1.91. The van der Waals surface area contributed by atoms with Crippen molar-refractivity contribution in [2.75, 3.05) is 0 Å². The maximum absolute atomic E-state index is 5.13. The van der Waals surface area contributed by atoms with Crippen LogP contribution in [0.25, 0.3) is 78.3 Å². The second kappa shape index (κ2) is 14.3. The van der Waals surface area contributed by atoms with E-state index in [-0.39, 0.29) is 0 Å². The second-order valence-corrected chi connectivity index (χ2v) is 15.1. The predicted molar refractivity (Wildman–Crippen MR) is 242 cm³/mol. The van der Waals surface area contributed by atoms with E-state index in [0.29, 0.717) is 17.5 Å². The maximum Gasteiger partial charge on any atom is 0.164 e. The molecular weight excluding hydrogens is 715 g/mol. The van der Waals surface area contributed by atoms with E-state index in [1.807, 2.05) is 24.3 Å². The number of nitrogens with zero attached hydrogens (tertiary/aromatic N) is 3. The molecule has 0 saturated carbocycles. The van der Waals surface area contributed by atoms with Crippen LogP contribution < -0.4 is 0 Å². The van der Waals surface area contributed by atoms with Crippen LogP contribution in [-0.2, 0) is 5.41 Å². The third kappa shape index (κ3) is 5.78. The second-order valence-electron chi connectivity index (χ2n) is 15.1. The molecule has 0 saturated heterocycles. The average Bonchev–Trinajstić information content (AvgIpc) is 3.65. The maximum atomic E-state index is 5.13. The lowest BCUT2D eigenvalue weighted by Crippen LogP contribution is -2.28. The Labute approximate surface area is 344 Å². The molecule has 10 aromatic rings. The van der Waals surface area contributed by atoms with Gasteiger partial charge >= 0.3 is 0 Å². The summed E-state index contributed by atoms with van der Waals surface area (Å²) in [4.78, 5) is 15.2. The van der Waals surface area contributed by atoms with Gasteiger partial charge in [0.2, 0.25) is 0 Å². The Kier molecular flexibility index (Phi) is 8.37. The van der Waals surface area contributed by atoms with E-state index < -0.39 is 5.41 Å². The van der Waals surface area contributed by atoms with E-state index in [4.69, 9.17) is 15.0 Å². The molecule has 3 nitrogen and oxygen atoms in total. The van der Waals surface area contributed by atoms with Gasteiger partial charge in [0.1, 0.15) is 0 Å². The summed E-state index contributed by atoms with van der Waals surface area (Å²) in [6.07, 6.45) is 0. The molecule has 1 aliphatic carbocycles. The Morgan fingerprint density at radius 1 is 0.305 bits per heavy atom. The van der Waals surface area contributed by atoms with E-state index in [2.05, 4.69) is 200 Å². The molecule has 0 N–H and O–H groups in total. The first-order valence-corrected chi connectivity index (χ1v) is 20.1. The molecule has 0 radical (unpaired) electrons. The molecule has 0 atom stereocenters. The minimum Gasteiger partial charge on any atom is -0.208 e. The number of benzene rings is 9. The minimum absolute atomic E-state index is 0.517. The number of hydrogen-bond donors (Lipinski definition) is 0. The smallest absolute Gasteiger partial charge is 0.164 e. The summed E-state index contributed by atoms with van der Waals surface area (Å²) in [6.45, 7) is 0. The average molecular weight is 752 g/mol. The molecule has 0 spiro atoms. The first-order valence-electron chi connectivity index (χ1n) is 20.1. The molecule has 1 aromatic heterocycles. The topological polar surface area (TPSA) is 38.7 Å². The zero-order valence-electron chi connectivity index (χ0n) is 32.2. The Morgan fingerprint density at radius 2 is 0.780 bits per heavy atom. The lowest BCUT2D eigenvalue weighted by molar-refractivity contribution is 0.775. The van der Waals surface area contributed by atoms with Crippen molar-refractivity contribution in [3.63, 3.8) is 0 Å². The van der Waals surface area contributed by atoms with Crippen molar-refractivity contribution in [3.8, 4) is 67.5 Å². The molecule has 3 heteroatoms. The third-order valence-corrected chi connectivity index (χ3v) is 11.8. The molecule has 276 valence electrons. The number of fused-ring (bicyclic) bond motifs is 5. The van der Waals surface area contributed by atoms with E-state index in [1.165, 1.54) is 49.7 Å². The van der Waals surface area contributed by atoms with Crippen LogP contribution in [0, 0.1) is 0 Å². The first-order chi connectivity index (χ1) is 29.3. The molecule has 0 bridgehead atoms. The summed E-state index contributed by atoms with van der Waals surface area (Å²) < 4.78 is 0. The molecule has 0 unspecified atom stereocenters. The van der Waals surface area contributed by atoms with Gasteiger partial charge in [-0.3, -0.25) is 0 Å². The van der Waals surface area contributed by atoms with Crippen LogP contribution >= 0.6 is 0 Å². The lowest BCUT2D eigenvalue weighted by atomic mass is 9.66. The third-order valence-electron chi connectivity index (χ3n) is 11.8. The standard InChI is InChI=1S/C56H37N3/c1-5-18-38(19-6-1)42-23-17-24-44(36-42)55-58-53(40-20-7-2-8-21-40)57-54(59-55)41-34-32-39(33-35-41)49-37-43-22-13-14-29-47(43)52-51(49)48-30-15-16-31-50(48)56(52,45-25-9-3-10-26-45)46-27-11-4-12-28-46/h1-37H. The molecule has 1 heterocycles. The van der Waals surface area contributed by atoms with E-state index in [1.54, 1.807) is 0 Å². The Hall–Kier alpha value is -7.75. The highest BCUT2D eigenvalue weighted by atomic mass is 15.0. The molecule has 0 aliphatic heterocycles. The fourth-order valence-corrected chi connectivity index (χ4v) is 9.17. The summed E-state index contributed by atoms with van der Waals surface area (Å²) >= 11 is 0. The van der Waals surface area contributed by atoms with Crippen molar-refractivity contribution in [1.82, 2.24) is 15.0 Å². The van der Waals surface area contributed by atoms with E-state index >= 15 is 0 Å². The normalized spacial score (nSPS) is 12.5. The highest BCUT2D eigenvalue weighted by molar-refractivity contribution is 6.06. The zero-order chi connectivity index (χ0) is 39.2. The van der Waals surface area contributed by atoms with Crippen molar-refractivity contribution in [3.05, 3.63) is 247 Å². The SMILES string of the molecule is c1ccc(-c2cccc(-c3nc(-c4ccccc4)nc(-c4ccc(-c5cc6ccccc6c6c5-c5ccccc5C6(c5ccccc5)c5ccccc5)cc4)n3)c2)cc1. The summed E-state index contributed by atoms with van der Waals surface area (Å²) in [5.41, 5.74) is 14.5. The van der Waals surface area contributed by atoms with Gasteiger partial charge < -0.3 is 0 Å². The van der Waals surface area contributed by atoms with Crippen LogP contribution in [0.2, 0.25) is 0 Å². The number of rotatable bonds is 7. The van der Waals surface area contributed by atoms with E-state index in [0.717, 1.165) is 33.4 Å². The van der Waals surface area contributed by atoms with Gasteiger partial charge in [-0.05, 0) is 78.5 Å².